The summed E-state index contributed by atoms with van der Waals surface area (Å²) in [4.78, 5) is 10.2. The van der Waals surface area contributed by atoms with E-state index < -0.39 is 0 Å². The Morgan fingerprint density at radius 3 is 2.79 bits per heavy atom. The molecule has 0 amide bonds. The first-order valence-electron chi connectivity index (χ1n) is 10.7. The maximum absolute atomic E-state index is 6.58. The third-order valence-electron chi connectivity index (χ3n) is 7.20. The summed E-state index contributed by atoms with van der Waals surface area (Å²) in [5, 5.41) is 0.747. The monoisotopic (exact) mass is 415 g/mol. The fourth-order valence-electron chi connectivity index (χ4n) is 5.45. The lowest BCUT2D eigenvalue weighted by molar-refractivity contribution is -0.174. The molecule has 3 aliphatic heterocycles. The first-order valence-corrected chi connectivity index (χ1v) is 11.0. The number of aromatic nitrogens is 2. The number of hydrogen-bond acceptors (Lipinski definition) is 4. The maximum atomic E-state index is 6.58. The lowest BCUT2D eigenvalue weighted by Gasteiger charge is -2.54. The van der Waals surface area contributed by atoms with Crippen LogP contribution < -0.4 is 4.74 Å². The van der Waals surface area contributed by atoms with Crippen LogP contribution in [0.4, 0.5) is 0 Å². The van der Waals surface area contributed by atoms with Crippen molar-refractivity contribution in [3.63, 3.8) is 0 Å². The normalized spacial score (nSPS) is 27.9. The molecule has 1 aromatic carbocycles. The highest BCUT2D eigenvalue weighted by atomic mass is 35.5. The highest BCUT2D eigenvalue weighted by Crippen LogP contribution is 2.55. The van der Waals surface area contributed by atoms with Crippen molar-refractivity contribution in [1.82, 2.24) is 14.9 Å². The van der Waals surface area contributed by atoms with Crippen molar-refractivity contribution in [2.75, 3.05) is 19.7 Å². The van der Waals surface area contributed by atoms with Gasteiger partial charge in [0.2, 0.25) is 0 Å². The first kappa shape index (κ1) is 19.4. The van der Waals surface area contributed by atoms with E-state index in [9.17, 15) is 0 Å². The fraction of sp³-hybridized carbons (Fsp3) is 0.609. The topological polar surface area (TPSA) is 50.4 Å². The van der Waals surface area contributed by atoms with Gasteiger partial charge in [-0.15, -0.1) is 0 Å². The van der Waals surface area contributed by atoms with E-state index >= 15 is 0 Å². The third-order valence-corrected chi connectivity index (χ3v) is 7.43. The van der Waals surface area contributed by atoms with E-state index in [0.29, 0.717) is 5.92 Å². The summed E-state index contributed by atoms with van der Waals surface area (Å²) in [5.41, 5.74) is 2.32. The number of aromatic amines is 1. The van der Waals surface area contributed by atoms with Gasteiger partial charge in [0.25, 0.3) is 0 Å². The summed E-state index contributed by atoms with van der Waals surface area (Å²) in [6.07, 6.45) is 5.51. The Balaban J connectivity index is 1.30. The molecule has 5 rings (SSSR count). The number of halogens is 1. The fourth-order valence-corrected chi connectivity index (χ4v) is 5.63. The highest BCUT2D eigenvalue weighted by Gasteiger charge is 2.52. The van der Waals surface area contributed by atoms with Crippen molar-refractivity contribution >= 4 is 11.6 Å². The number of aryl methyl sites for hydroxylation is 1. The predicted octanol–water partition coefficient (Wildman–Crippen LogP) is 4.90. The number of imidazole rings is 1. The van der Waals surface area contributed by atoms with Crippen molar-refractivity contribution in [2.24, 2.45) is 11.3 Å². The SMILES string of the molecule is Cc1ncc(CN2CCC3(CC2)COC2c4cc(Cl)ccc4OC(C)(C)C2C3)[nH]1. The number of likely N-dealkylation sites (tertiary alicyclic amines) is 1. The highest BCUT2D eigenvalue weighted by molar-refractivity contribution is 6.30. The molecule has 2 fully saturated rings. The van der Waals surface area contributed by atoms with Gasteiger partial charge in [-0.05, 0) is 76.7 Å². The molecule has 5 nitrogen and oxygen atoms in total. The minimum atomic E-state index is -0.247. The number of piperidine rings is 1. The molecule has 0 bridgehead atoms. The second-order valence-electron chi connectivity index (χ2n) is 9.70. The van der Waals surface area contributed by atoms with E-state index in [0.717, 1.165) is 54.8 Å². The van der Waals surface area contributed by atoms with Crippen LogP contribution in [0.5, 0.6) is 5.75 Å². The van der Waals surface area contributed by atoms with E-state index in [1.807, 2.05) is 31.3 Å². The lowest BCUT2D eigenvalue weighted by atomic mass is 9.64. The summed E-state index contributed by atoms with van der Waals surface area (Å²) in [6, 6.07) is 5.91. The molecule has 1 spiro atoms. The van der Waals surface area contributed by atoms with Crippen LogP contribution in [0, 0.1) is 18.3 Å². The summed E-state index contributed by atoms with van der Waals surface area (Å²) >= 11 is 6.28. The number of H-pyrrole nitrogens is 1. The number of ether oxygens (including phenoxy) is 2. The molecule has 0 saturated carbocycles. The van der Waals surface area contributed by atoms with Gasteiger partial charge in [0, 0.05) is 34.9 Å². The molecule has 2 atom stereocenters. The van der Waals surface area contributed by atoms with E-state index in [4.69, 9.17) is 21.1 Å². The average molecular weight is 416 g/mol. The second kappa shape index (κ2) is 7.00. The Bertz CT molecular complexity index is 901. The quantitative estimate of drug-likeness (QED) is 0.757. The van der Waals surface area contributed by atoms with Gasteiger partial charge in [0.1, 0.15) is 17.2 Å². The molecule has 0 aliphatic carbocycles. The van der Waals surface area contributed by atoms with Crippen LogP contribution in [0.1, 0.15) is 56.3 Å². The summed E-state index contributed by atoms with van der Waals surface area (Å²) in [5.74, 6) is 2.24. The molecule has 4 heterocycles. The number of benzene rings is 1. The average Bonchev–Trinajstić information content (AvgIpc) is 3.09. The van der Waals surface area contributed by atoms with Crippen molar-refractivity contribution in [3.05, 3.63) is 46.5 Å². The number of fused-ring (bicyclic) bond motifs is 3. The van der Waals surface area contributed by atoms with Gasteiger partial charge >= 0.3 is 0 Å². The smallest absolute Gasteiger partial charge is 0.126 e. The van der Waals surface area contributed by atoms with Crippen LogP contribution in [0.3, 0.4) is 0 Å². The molecule has 2 saturated heterocycles. The minimum Gasteiger partial charge on any atom is -0.487 e. The van der Waals surface area contributed by atoms with Crippen LogP contribution in [0.2, 0.25) is 5.02 Å². The van der Waals surface area contributed by atoms with Crippen LogP contribution in [-0.2, 0) is 11.3 Å². The molecule has 2 unspecified atom stereocenters. The van der Waals surface area contributed by atoms with Gasteiger partial charge in [-0.2, -0.15) is 0 Å². The molecule has 6 heteroatoms. The van der Waals surface area contributed by atoms with E-state index in [-0.39, 0.29) is 17.1 Å². The standard InChI is InChI=1S/C23H30ClN3O2/c1-15-25-12-17(26-15)13-27-8-6-23(7-9-27)11-19-21(28-14-23)18-10-16(24)4-5-20(18)29-22(19,2)3/h4-5,10,12,19,21H,6-9,11,13-14H2,1-3H3,(H,25,26). The minimum absolute atomic E-state index is 0.0732. The van der Waals surface area contributed by atoms with E-state index in [1.54, 1.807) is 0 Å². The predicted molar refractivity (Wildman–Crippen MR) is 113 cm³/mol. The summed E-state index contributed by atoms with van der Waals surface area (Å²) in [6.45, 7) is 10.4. The molecule has 156 valence electrons. The number of nitrogens with one attached hydrogen (secondary N) is 1. The lowest BCUT2D eigenvalue weighted by Crippen LogP contribution is -2.54. The second-order valence-corrected chi connectivity index (χ2v) is 10.1. The molecule has 1 aromatic heterocycles. The summed E-state index contributed by atoms with van der Waals surface area (Å²) in [7, 11) is 0. The van der Waals surface area contributed by atoms with Gasteiger partial charge < -0.3 is 14.5 Å². The number of hydrogen-bond donors (Lipinski definition) is 1. The van der Waals surface area contributed by atoms with Gasteiger partial charge in [0.15, 0.2) is 0 Å². The molecular formula is C23H30ClN3O2. The van der Waals surface area contributed by atoms with E-state index in [1.165, 1.54) is 18.5 Å². The Morgan fingerprint density at radius 2 is 2.07 bits per heavy atom. The Labute approximate surface area is 177 Å². The Kier molecular flexibility index (Phi) is 4.68. The third kappa shape index (κ3) is 3.58. The summed E-state index contributed by atoms with van der Waals surface area (Å²) < 4.78 is 13.0. The zero-order chi connectivity index (χ0) is 20.2. The molecule has 3 aliphatic rings. The van der Waals surface area contributed by atoms with Gasteiger partial charge in [-0.1, -0.05) is 11.6 Å². The molecule has 0 radical (unpaired) electrons. The van der Waals surface area contributed by atoms with Crippen LogP contribution in [0.25, 0.3) is 0 Å². The van der Waals surface area contributed by atoms with Crippen molar-refractivity contribution in [1.29, 1.82) is 0 Å². The molecule has 2 aromatic rings. The van der Waals surface area contributed by atoms with Gasteiger partial charge in [0.05, 0.1) is 12.7 Å². The number of rotatable bonds is 2. The zero-order valence-electron chi connectivity index (χ0n) is 17.5. The molecule has 29 heavy (non-hydrogen) atoms. The Hall–Kier alpha value is -1.56. The van der Waals surface area contributed by atoms with Crippen molar-refractivity contribution in [2.45, 2.75) is 58.3 Å². The Morgan fingerprint density at radius 1 is 1.28 bits per heavy atom. The van der Waals surface area contributed by atoms with E-state index in [2.05, 4.69) is 28.7 Å². The van der Waals surface area contributed by atoms with Crippen LogP contribution in [-0.4, -0.2) is 40.2 Å². The van der Waals surface area contributed by atoms with Crippen LogP contribution >= 0.6 is 11.6 Å². The number of nitrogens with zero attached hydrogens (tertiary/aromatic N) is 2. The molecule has 1 N–H and O–H groups in total. The van der Waals surface area contributed by atoms with Crippen molar-refractivity contribution in [3.8, 4) is 5.75 Å². The van der Waals surface area contributed by atoms with Gasteiger partial charge in [-0.3, -0.25) is 4.90 Å². The van der Waals surface area contributed by atoms with Crippen LogP contribution in [0.15, 0.2) is 24.4 Å². The zero-order valence-corrected chi connectivity index (χ0v) is 18.3. The largest absolute Gasteiger partial charge is 0.487 e. The molecular weight excluding hydrogens is 386 g/mol. The maximum Gasteiger partial charge on any atom is 0.126 e. The van der Waals surface area contributed by atoms with Gasteiger partial charge in [-0.25, -0.2) is 4.98 Å². The van der Waals surface area contributed by atoms with Crippen molar-refractivity contribution < 1.29 is 9.47 Å². The first-order chi connectivity index (χ1) is 13.8.